The van der Waals surface area contributed by atoms with E-state index in [9.17, 15) is 23.1 Å². The summed E-state index contributed by atoms with van der Waals surface area (Å²) in [5, 5.41) is 12.6. The van der Waals surface area contributed by atoms with Crippen molar-refractivity contribution in [1.29, 1.82) is 0 Å². The number of nitrogens with one attached hydrogen (secondary N) is 1. The van der Waals surface area contributed by atoms with Gasteiger partial charge in [-0.15, -0.1) is 0 Å². The first-order valence-corrected chi connectivity index (χ1v) is 8.28. The molecule has 8 heteroatoms. The monoisotopic (exact) mass is 427 g/mol. The molecule has 2 N–H and O–H groups in total. The molecular formula is C18H13BrF3NO3. The first-order chi connectivity index (χ1) is 12.1. The van der Waals surface area contributed by atoms with E-state index in [1.54, 1.807) is 42.5 Å². The number of carbonyl (C=O) groups excluding carboxylic acids is 1. The van der Waals surface area contributed by atoms with Crippen LogP contribution in [0.1, 0.15) is 18.1 Å². The van der Waals surface area contributed by atoms with Crippen LogP contribution in [0.4, 0.5) is 13.2 Å². The molecule has 0 radical (unpaired) electrons. The Morgan fingerprint density at radius 1 is 1.19 bits per heavy atom. The molecule has 26 heavy (non-hydrogen) atoms. The maximum atomic E-state index is 13.7. The standard InChI is InChI=1S/C18H13BrF3NO3/c1-10(24)23-16-15(11-5-3-2-4-6-11)13-8-7-12(19)9-14(13)26-17(16,25)18(20,21)22/h2-9,25H,1H3,(H,23,24). The van der Waals surface area contributed by atoms with Crippen molar-refractivity contribution in [2.75, 3.05) is 0 Å². The molecule has 1 aliphatic rings. The quantitative estimate of drug-likeness (QED) is 0.761. The number of alkyl halides is 3. The summed E-state index contributed by atoms with van der Waals surface area (Å²) >= 11 is 3.18. The lowest BCUT2D eigenvalue weighted by Gasteiger charge is -2.38. The molecular weight excluding hydrogens is 415 g/mol. The third-order valence-electron chi connectivity index (χ3n) is 3.81. The summed E-state index contributed by atoms with van der Waals surface area (Å²) in [5.74, 6) is -4.62. The largest absolute Gasteiger partial charge is 0.462 e. The van der Waals surface area contributed by atoms with Crippen molar-refractivity contribution in [3.63, 3.8) is 0 Å². The molecule has 1 aliphatic heterocycles. The van der Waals surface area contributed by atoms with Crippen LogP contribution in [0.15, 0.2) is 58.7 Å². The van der Waals surface area contributed by atoms with Gasteiger partial charge in [0.2, 0.25) is 5.91 Å². The summed E-state index contributed by atoms with van der Waals surface area (Å²) in [6, 6.07) is 12.7. The minimum Gasteiger partial charge on any atom is -0.448 e. The van der Waals surface area contributed by atoms with Gasteiger partial charge < -0.3 is 15.2 Å². The number of amides is 1. The predicted molar refractivity (Wildman–Crippen MR) is 92.1 cm³/mol. The van der Waals surface area contributed by atoms with Gasteiger partial charge in [-0.1, -0.05) is 46.3 Å². The molecule has 0 bridgehead atoms. The number of halogens is 4. The maximum Gasteiger partial charge on any atom is 0.462 e. The van der Waals surface area contributed by atoms with E-state index in [0.717, 1.165) is 6.92 Å². The smallest absolute Gasteiger partial charge is 0.448 e. The van der Waals surface area contributed by atoms with Gasteiger partial charge in [-0.3, -0.25) is 4.79 Å². The summed E-state index contributed by atoms with van der Waals surface area (Å²) in [7, 11) is 0. The third kappa shape index (κ3) is 3.10. The van der Waals surface area contributed by atoms with E-state index in [4.69, 9.17) is 4.74 Å². The Kier molecular flexibility index (Phi) is 4.58. The van der Waals surface area contributed by atoms with Gasteiger partial charge in [-0.2, -0.15) is 13.2 Å². The van der Waals surface area contributed by atoms with Crippen LogP contribution < -0.4 is 10.1 Å². The number of ether oxygens (including phenoxy) is 1. The number of hydrogen-bond acceptors (Lipinski definition) is 3. The summed E-state index contributed by atoms with van der Waals surface area (Å²) in [4.78, 5) is 11.6. The van der Waals surface area contributed by atoms with Crippen molar-refractivity contribution in [1.82, 2.24) is 5.32 Å². The van der Waals surface area contributed by atoms with E-state index >= 15 is 0 Å². The molecule has 0 aliphatic carbocycles. The number of rotatable bonds is 2. The van der Waals surface area contributed by atoms with Gasteiger partial charge in [0.1, 0.15) is 11.4 Å². The summed E-state index contributed by atoms with van der Waals surface area (Å²) in [6.45, 7) is 1.06. The maximum absolute atomic E-state index is 13.7. The van der Waals surface area contributed by atoms with E-state index in [1.807, 2.05) is 0 Å². The second-order valence-electron chi connectivity index (χ2n) is 5.68. The van der Waals surface area contributed by atoms with E-state index < -0.39 is 23.6 Å². The number of carbonyl (C=O) groups is 1. The fourth-order valence-corrected chi connectivity index (χ4v) is 3.07. The highest BCUT2D eigenvalue weighted by molar-refractivity contribution is 9.10. The van der Waals surface area contributed by atoms with Crippen LogP contribution in [0.2, 0.25) is 0 Å². The minimum atomic E-state index is -5.19. The zero-order valence-electron chi connectivity index (χ0n) is 13.4. The van der Waals surface area contributed by atoms with Gasteiger partial charge in [-0.05, 0) is 23.8 Å². The molecule has 1 heterocycles. The van der Waals surface area contributed by atoms with Crippen molar-refractivity contribution in [2.45, 2.75) is 18.9 Å². The fraction of sp³-hybridized carbons (Fsp3) is 0.167. The van der Waals surface area contributed by atoms with Gasteiger partial charge >= 0.3 is 12.0 Å². The van der Waals surface area contributed by atoms with E-state index in [1.165, 1.54) is 6.07 Å². The molecule has 0 saturated carbocycles. The van der Waals surface area contributed by atoms with Crippen molar-refractivity contribution >= 4 is 27.4 Å². The van der Waals surface area contributed by atoms with Crippen LogP contribution in [0, 0.1) is 0 Å². The van der Waals surface area contributed by atoms with Crippen LogP contribution in [0.5, 0.6) is 5.75 Å². The molecule has 0 saturated heterocycles. The van der Waals surface area contributed by atoms with E-state index in [-0.39, 0.29) is 11.3 Å². The minimum absolute atomic E-state index is 0.0365. The molecule has 2 aromatic rings. The van der Waals surface area contributed by atoms with Gasteiger partial charge in [-0.25, -0.2) is 0 Å². The summed E-state index contributed by atoms with van der Waals surface area (Å²) in [5.41, 5.74) is -0.0178. The highest BCUT2D eigenvalue weighted by atomic mass is 79.9. The van der Waals surface area contributed by atoms with Gasteiger partial charge in [0.05, 0.1) is 0 Å². The molecule has 0 aromatic heterocycles. The van der Waals surface area contributed by atoms with Crippen molar-refractivity contribution < 1.29 is 27.8 Å². The average molecular weight is 428 g/mol. The molecule has 1 amide bonds. The first kappa shape index (κ1) is 18.5. The number of fused-ring (bicyclic) bond motifs is 1. The molecule has 4 nitrogen and oxygen atoms in total. The number of hydrogen-bond donors (Lipinski definition) is 2. The molecule has 1 atom stereocenters. The second-order valence-corrected chi connectivity index (χ2v) is 6.60. The van der Waals surface area contributed by atoms with Crippen LogP contribution >= 0.6 is 15.9 Å². The normalized spacial score (nSPS) is 19.6. The topological polar surface area (TPSA) is 58.6 Å². The average Bonchev–Trinajstić information content (AvgIpc) is 2.55. The lowest BCUT2D eigenvalue weighted by atomic mass is 9.89. The fourth-order valence-electron chi connectivity index (χ4n) is 2.73. The zero-order valence-corrected chi connectivity index (χ0v) is 15.0. The van der Waals surface area contributed by atoms with Crippen molar-refractivity contribution in [3.05, 3.63) is 69.8 Å². The third-order valence-corrected chi connectivity index (χ3v) is 4.30. The van der Waals surface area contributed by atoms with E-state index in [2.05, 4.69) is 21.2 Å². The zero-order chi connectivity index (χ0) is 19.1. The van der Waals surface area contributed by atoms with Gasteiger partial charge in [0, 0.05) is 22.5 Å². The molecule has 0 fully saturated rings. The molecule has 1 unspecified atom stereocenters. The van der Waals surface area contributed by atoms with Crippen LogP contribution in [-0.4, -0.2) is 23.0 Å². The molecule has 3 rings (SSSR count). The summed E-state index contributed by atoms with van der Waals surface area (Å²) in [6.07, 6.45) is -5.19. The molecule has 136 valence electrons. The Hall–Kier alpha value is -2.32. The van der Waals surface area contributed by atoms with E-state index in [0.29, 0.717) is 15.6 Å². The number of benzene rings is 2. The van der Waals surface area contributed by atoms with Crippen LogP contribution in [0.3, 0.4) is 0 Å². The first-order valence-electron chi connectivity index (χ1n) is 7.49. The van der Waals surface area contributed by atoms with Gasteiger partial charge in [0.15, 0.2) is 0 Å². The van der Waals surface area contributed by atoms with Crippen molar-refractivity contribution in [3.8, 4) is 5.75 Å². The highest BCUT2D eigenvalue weighted by Gasteiger charge is 2.62. The van der Waals surface area contributed by atoms with Crippen molar-refractivity contribution in [2.24, 2.45) is 0 Å². The Morgan fingerprint density at radius 2 is 1.85 bits per heavy atom. The molecule has 2 aromatic carbocycles. The molecule has 0 spiro atoms. The lowest BCUT2D eigenvalue weighted by molar-refractivity contribution is -0.318. The Balaban J connectivity index is 2.40. The van der Waals surface area contributed by atoms with Crippen LogP contribution in [0.25, 0.3) is 5.57 Å². The lowest BCUT2D eigenvalue weighted by Crippen LogP contribution is -2.57. The predicted octanol–water partition coefficient (Wildman–Crippen LogP) is 3.99. The SMILES string of the molecule is CC(=O)NC1=C(c2ccccc2)c2ccc(Br)cc2OC1(O)C(F)(F)F. The highest BCUT2D eigenvalue weighted by Crippen LogP contribution is 2.48. The summed E-state index contributed by atoms with van der Waals surface area (Å²) < 4.78 is 46.7. The van der Waals surface area contributed by atoms with Crippen LogP contribution in [-0.2, 0) is 4.79 Å². The Bertz CT molecular complexity index is 896. The number of aliphatic hydroxyl groups is 1. The Labute approximate surface area is 155 Å². The Morgan fingerprint density at radius 3 is 2.42 bits per heavy atom. The van der Waals surface area contributed by atoms with Gasteiger partial charge in [0.25, 0.3) is 0 Å². The second kappa shape index (κ2) is 6.44.